The second-order valence-electron chi connectivity index (χ2n) is 7.14. The molecular weight excluding hydrogens is 389 g/mol. The fourth-order valence-electron chi connectivity index (χ4n) is 3.89. The van der Waals surface area contributed by atoms with Crippen LogP contribution in [0.1, 0.15) is 54.1 Å². The summed E-state index contributed by atoms with van der Waals surface area (Å²) in [7, 11) is 0. The number of halogens is 3. The van der Waals surface area contributed by atoms with E-state index in [-0.39, 0.29) is 11.9 Å². The zero-order valence-electron chi connectivity index (χ0n) is 15.5. The second kappa shape index (κ2) is 7.36. The molecule has 4 rings (SSSR count). The van der Waals surface area contributed by atoms with Crippen LogP contribution in [-0.2, 0) is 12.6 Å². The molecule has 1 aliphatic rings. The number of likely N-dealkylation sites (tertiary alicyclic amines) is 1. The molecule has 2 aromatic heterocycles. The quantitative estimate of drug-likeness (QED) is 0.693. The van der Waals surface area contributed by atoms with E-state index < -0.39 is 11.7 Å². The van der Waals surface area contributed by atoms with Crippen molar-refractivity contribution in [2.24, 2.45) is 0 Å². The highest BCUT2D eigenvalue weighted by atomic mass is 32.1. The first kappa shape index (κ1) is 19.2. The number of alkyl halides is 3. The summed E-state index contributed by atoms with van der Waals surface area (Å²) in [6.07, 6.45) is -0.586. The molecule has 5 nitrogen and oxygen atoms in total. The zero-order valence-corrected chi connectivity index (χ0v) is 16.3. The van der Waals surface area contributed by atoms with Crippen molar-refractivity contribution in [2.45, 2.75) is 44.8 Å². The van der Waals surface area contributed by atoms with Crippen molar-refractivity contribution >= 4 is 16.3 Å². The highest BCUT2D eigenvalue weighted by Crippen LogP contribution is 2.37. The van der Waals surface area contributed by atoms with Crippen LogP contribution in [0.25, 0.3) is 4.96 Å². The van der Waals surface area contributed by atoms with Gasteiger partial charge in [0.25, 0.3) is 0 Å². The maximum absolute atomic E-state index is 13.3. The average Bonchev–Trinajstić information content (AvgIpc) is 3.22. The predicted molar refractivity (Wildman–Crippen MR) is 99.7 cm³/mol. The number of nitrogens with zero attached hydrogens (tertiary/aromatic N) is 3. The molecule has 28 heavy (non-hydrogen) atoms. The number of benzene rings is 1. The topological polar surface area (TPSA) is 54.9 Å². The molecule has 1 atom stereocenters. The molecule has 0 spiro atoms. The Labute approximate surface area is 164 Å². The molecule has 2 N–H and O–H groups in total. The number of quaternary nitrogens is 1. The van der Waals surface area contributed by atoms with Gasteiger partial charge >= 0.3 is 6.18 Å². The molecule has 1 fully saturated rings. The van der Waals surface area contributed by atoms with Gasteiger partial charge in [0.1, 0.15) is 4.88 Å². The first-order valence-corrected chi connectivity index (χ1v) is 10.3. The lowest BCUT2D eigenvalue weighted by molar-refractivity contribution is -0.930. The number of aromatic hydroxyl groups is 1. The normalized spacial score (nSPS) is 17.3. The molecule has 1 saturated heterocycles. The first-order chi connectivity index (χ1) is 13.4. The van der Waals surface area contributed by atoms with E-state index in [0.717, 1.165) is 38.4 Å². The molecule has 3 aromatic rings. The maximum atomic E-state index is 13.3. The van der Waals surface area contributed by atoms with E-state index in [0.29, 0.717) is 27.6 Å². The van der Waals surface area contributed by atoms with E-state index in [2.05, 4.69) is 10.1 Å². The van der Waals surface area contributed by atoms with Crippen LogP contribution < -0.4 is 4.90 Å². The third kappa shape index (κ3) is 3.48. The Hall–Kier alpha value is -2.13. The third-order valence-corrected chi connectivity index (χ3v) is 6.36. The van der Waals surface area contributed by atoms with E-state index in [1.807, 2.05) is 6.92 Å². The maximum Gasteiger partial charge on any atom is 0.416 e. The summed E-state index contributed by atoms with van der Waals surface area (Å²) < 4.78 is 41.2. The SMILES string of the molecule is CCc1nc2sc([C@H](c3cccc(C(F)(F)F)c3)[NH+]3CCCCC3)c(O)n2n1. The summed E-state index contributed by atoms with van der Waals surface area (Å²) in [5.74, 6) is 0.613. The summed E-state index contributed by atoms with van der Waals surface area (Å²) in [4.78, 5) is 6.77. The van der Waals surface area contributed by atoms with Crippen molar-refractivity contribution in [1.29, 1.82) is 0 Å². The van der Waals surface area contributed by atoms with Gasteiger partial charge in [0, 0.05) is 12.0 Å². The van der Waals surface area contributed by atoms with Gasteiger partial charge in [-0.3, -0.25) is 0 Å². The van der Waals surface area contributed by atoms with E-state index in [9.17, 15) is 18.3 Å². The Morgan fingerprint density at radius 2 is 2.00 bits per heavy atom. The van der Waals surface area contributed by atoms with Crippen LogP contribution in [0.3, 0.4) is 0 Å². The lowest BCUT2D eigenvalue weighted by Gasteiger charge is -2.31. The molecule has 9 heteroatoms. The largest absolute Gasteiger partial charge is 0.492 e. The van der Waals surface area contributed by atoms with Crippen molar-refractivity contribution < 1.29 is 23.2 Å². The molecule has 0 bridgehead atoms. The van der Waals surface area contributed by atoms with Crippen LogP contribution in [0.4, 0.5) is 13.2 Å². The number of nitrogens with one attached hydrogen (secondary N) is 1. The lowest BCUT2D eigenvalue weighted by atomic mass is 9.98. The van der Waals surface area contributed by atoms with Gasteiger partial charge in [-0.2, -0.15) is 17.7 Å². The highest BCUT2D eigenvalue weighted by Gasteiger charge is 2.36. The fraction of sp³-hybridized carbons (Fsp3) is 0.474. The van der Waals surface area contributed by atoms with Gasteiger partial charge in [0.15, 0.2) is 11.9 Å². The second-order valence-corrected chi connectivity index (χ2v) is 8.15. The lowest BCUT2D eigenvalue weighted by Crippen LogP contribution is -3.13. The number of fused-ring (bicyclic) bond motifs is 1. The van der Waals surface area contributed by atoms with Gasteiger partial charge in [0.2, 0.25) is 10.8 Å². The van der Waals surface area contributed by atoms with Gasteiger partial charge in [-0.25, -0.2) is 4.98 Å². The van der Waals surface area contributed by atoms with Crippen LogP contribution in [0.15, 0.2) is 24.3 Å². The molecule has 0 amide bonds. The van der Waals surface area contributed by atoms with Crippen molar-refractivity contribution in [1.82, 2.24) is 14.6 Å². The smallest absolute Gasteiger partial charge is 0.416 e. The monoisotopic (exact) mass is 411 g/mol. The Bertz CT molecular complexity index is 975. The van der Waals surface area contributed by atoms with Gasteiger partial charge in [0.05, 0.1) is 18.7 Å². The Morgan fingerprint density at radius 3 is 2.64 bits per heavy atom. The van der Waals surface area contributed by atoms with Crippen LogP contribution in [0, 0.1) is 0 Å². The van der Waals surface area contributed by atoms with Crippen molar-refractivity contribution in [2.75, 3.05) is 13.1 Å². The van der Waals surface area contributed by atoms with E-state index in [1.165, 1.54) is 32.9 Å². The van der Waals surface area contributed by atoms with Gasteiger partial charge in [-0.05, 0) is 31.4 Å². The summed E-state index contributed by atoms with van der Waals surface area (Å²) in [5, 5.41) is 15.1. The predicted octanol–water partition coefficient (Wildman–Crippen LogP) is 3.24. The number of thiazole rings is 1. The number of aromatic nitrogens is 3. The standard InChI is InChI=1S/C19H21F3N4OS/c1-2-14-23-18-26(24-14)17(27)16(28-18)15(25-9-4-3-5-10-25)12-7-6-8-13(11-12)19(20,21)22/h6-8,11,15,27H,2-5,9-10H2,1H3/p+1/t15-/m0/s1. The summed E-state index contributed by atoms with van der Waals surface area (Å²) in [6, 6.07) is 5.08. The number of hydrogen-bond acceptors (Lipinski definition) is 4. The molecule has 150 valence electrons. The molecule has 0 saturated carbocycles. The molecule has 0 radical (unpaired) electrons. The molecule has 1 aliphatic heterocycles. The number of piperidine rings is 1. The Kier molecular flexibility index (Phi) is 5.05. The minimum absolute atomic E-state index is 0.0207. The van der Waals surface area contributed by atoms with E-state index in [4.69, 9.17) is 0 Å². The van der Waals surface area contributed by atoms with Gasteiger partial charge in [-0.15, -0.1) is 5.10 Å². The van der Waals surface area contributed by atoms with Crippen LogP contribution in [0.2, 0.25) is 0 Å². The molecular formula is C19H22F3N4OS+. The summed E-state index contributed by atoms with van der Waals surface area (Å²) in [5.41, 5.74) is -0.110. The fourth-order valence-corrected chi connectivity index (χ4v) is 5.05. The van der Waals surface area contributed by atoms with Crippen LogP contribution in [-0.4, -0.2) is 32.8 Å². The van der Waals surface area contributed by atoms with Crippen LogP contribution in [0.5, 0.6) is 5.88 Å². The first-order valence-electron chi connectivity index (χ1n) is 9.47. The van der Waals surface area contributed by atoms with Gasteiger partial charge in [-0.1, -0.05) is 30.4 Å². The summed E-state index contributed by atoms with van der Waals surface area (Å²) >= 11 is 1.31. The number of hydrogen-bond donors (Lipinski definition) is 2. The Balaban J connectivity index is 1.83. The number of rotatable bonds is 4. The minimum Gasteiger partial charge on any atom is -0.492 e. The molecule has 3 heterocycles. The highest BCUT2D eigenvalue weighted by molar-refractivity contribution is 7.17. The molecule has 0 aliphatic carbocycles. The summed E-state index contributed by atoms with van der Waals surface area (Å²) in [6.45, 7) is 3.64. The van der Waals surface area contributed by atoms with Crippen molar-refractivity contribution in [3.8, 4) is 5.88 Å². The average molecular weight is 411 g/mol. The third-order valence-electron chi connectivity index (χ3n) is 5.27. The minimum atomic E-state index is -4.40. The van der Waals surface area contributed by atoms with Gasteiger partial charge < -0.3 is 10.0 Å². The van der Waals surface area contributed by atoms with Crippen LogP contribution >= 0.6 is 11.3 Å². The number of aryl methyl sites for hydroxylation is 1. The Morgan fingerprint density at radius 1 is 1.25 bits per heavy atom. The van der Waals surface area contributed by atoms with E-state index >= 15 is 0 Å². The zero-order chi connectivity index (χ0) is 19.9. The van der Waals surface area contributed by atoms with E-state index in [1.54, 1.807) is 6.07 Å². The molecule has 0 unspecified atom stereocenters. The van der Waals surface area contributed by atoms with Crippen molar-refractivity contribution in [3.05, 3.63) is 46.1 Å². The molecule has 1 aromatic carbocycles. The van der Waals surface area contributed by atoms with Crippen molar-refractivity contribution in [3.63, 3.8) is 0 Å².